The molecule has 0 saturated heterocycles. The number of nitrogens with one attached hydrogen (secondary N) is 1. The molecule has 6 heteroatoms. The third-order valence-corrected chi connectivity index (χ3v) is 5.42. The predicted octanol–water partition coefficient (Wildman–Crippen LogP) is 4.43. The number of aromatic nitrogens is 3. The summed E-state index contributed by atoms with van der Waals surface area (Å²) >= 11 is 0. The largest absolute Gasteiger partial charge is 0.317 e. The molecule has 152 valence electrons. The number of rotatable bonds is 4. The van der Waals surface area contributed by atoms with Gasteiger partial charge in [-0.25, -0.2) is 10.4 Å². The number of hydrogen-bond acceptors (Lipinski definition) is 3. The second kappa shape index (κ2) is 7.63. The van der Waals surface area contributed by atoms with Gasteiger partial charge in [0.05, 0.1) is 17.6 Å². The van der Waals surface area contributed by atoms with E-state index in [0.717, 1.165) is 22.6 Å². The average molecular weight is 399 g/mol. The third kappa shape index (κ3) is 3.30. The smallest absolute Gasteiger partial charge is 0.290 e. The summed E-state index contributed by atoms with van der Waals surface area (Å²) in [6, 6.07) is 14.0. The van der Waals surface area contributed by atoms with E-state index in [1.807, 2.05) is 31.3 Å². The summed E-state index contributed by atoms with van der Waals surface area (Å²) in [6.07, 6.45) is 3.52. The lowest BCUT2D eigenvalue weighted by Gasteiger charge is -2.15. The molecule has 0 aliphatic rings. The molecule has 3 heterocycles. The maximum Gasteiger partial charge on any atom is 0.290 e. The first-order valence-corrected chi connectivity index (χ1v) is 9.91. The summed E-state index contributed by atoms with van der Waals surface area (Å²) < 4.78 is 4.01. The van der Waals surface area contributed by atoms with Gasteiger partial charge in [0.15, 0.2) is 0 Å². The zero-order valence-corrected chi connectivity index (χ0v) is 17.9. The molecule has 0 radical (unpaired) electrons. The van der Waals surface area contributed by atoms with Crippen molar-refractivity contribution >= 4 is 17.8 Å². The molecule has 3 aromatic heterocycles. The van der Waals surface area contributed by atoms with Crippen LogP contribution in [0.1, 0.15) is 44.3 Å². The fourth-order valence-electron chi connectivity index (χ4n) is 4.02. The predicted molar refractivity (Wildman–Crippen MR) is 120 cm³/mol. The molecule has 4 aromatic rings. The number of aryl methyl sites for hydroxylation is 4. The minimum absolute atomic E-state index is 0.286. The zero-order valence-electron chi connectivity index (χ0n) is 17.9. The second-order valence-electron chi connectivity index (χ2n) is 7.58. The van der Waals surface area contributed by atoms with Crippen molar-refractivity contribution in [2.45, 2.75) is 34.6 Å². The summed E-state index contributed by atoms with van der Waals surface area (Å²) in [5, 5.41) is 4.22. The van der Waals surface area contributed by atoms with Crippen molar-refractivity contribution in [2.75, 3.05) is 0 Å². The van der Waals surface area contributed by atoms with E-state index in [0.29, 0.717) is 11.4 Å². The summed E-state index contributed by atoms with van der Waals surface area (Å²) in [4.78, 5) is 17.1. The van der Waals surface area contributed by atoms with E-state index in [2.05, 4.69) is 72.0 Å². The van der Waals surface area contributed by atoms with E-state index in [1.54, 1.807) is 10.6 Å². The molecule has 1 amide bonds. The van der Waals surface area contributed by atoms with Crippen molar-refractivity contribution in [1.29, 1.82) is 0 Å². The van der Waals surface area contributed by atoms with Gasteiger partial charge in [-0.05, 0) is 63.9 Å². The van der Waals surface area contributed by atoms with Crippen LogP contribution < -0.4 is 5.43 Å². The number of imidazole rings is 1. The van der Waals surface area contributed by atoms with Gasteiger partial charge in [0.1, 0.15) is 11.3 Å². The first-order valence-electron chi connectivity index (χ1n) is 9.91. The third-order valence-electron chi connectivity index (χ3n) is 5.42. The van der Waals surface area contributed by atoms with Crippen LogP contribution >= 0.6 is 0 Å². The number of pyridine rings is 1. The fraction of sp³-hybridized carbons (Fsp3) is 0.208. The maximum atomic E-state index is 12.7. The number of carbonyl (C=O) groups is 1. The number of nitrogens with zero attached hydrogens (tertiary/aromatic N) is 4. The Balaban J connectivity index is 1.61. The van der Waals surface area contributed by atoms with Crippen molar-refractivity contribution in [3.8, 4) is 5.69 Å². The average Bonchev–Trinajstić information content (AvgIpc) is 3.18. The number of amides is 1. The van der Waals surface area contributed by atoms with E-state index >= 15 is 0 Å². The molecular formula is C24H25N5O. The van der Waals surface area contributed by atoms with Crippen molar-refractivity contribution in [1.82, 2.24) is 19.4 Å². The van der Waals surface area contributed by atoms with Crippen LogP contribution in [0.2, 0.25) is 0 Å². The minimum atomic E-state index is -0.286. The Morgan fingerprint density at radius 1 is 1.03 bits per heavy atom. The van der Waals surface area contributed by atoms with Crippen LogP contribution in [-0.4, -0.2) is 26.1 Å². The highest BCUT2D eigenvalue weighted by Crippen LogP contribution is 2.25. The topological polar surface area (TPSA) is 63.7 Å². The highest BCUT2D eigenvalue weighted by Gasteiger charge is 2.16. The van der Waals surface area contributed by atoms with Crippen molar-refractivity contribution < 1.29 is 4.79 Å². The number of para-hydroxylation sites is 1. The summed E-state index contributed by atoms with van der Waals surface area (Å²) in [6.45, 7) is 10.2. The monoisotopic (exact) mass is 399 g/mol. The molecule has 0 spiro atoms. The lowest BCUT2D eigenvalue weighted by Crippen LogP contribution is -2.20. The standard InChI is InChI=1S/C24H25N5O/c1-15-9-8-10-16(2)22(15)29-17(3)13-20(19(29)5)14-25-27-24(30)23-18(4)26-21-11-6-7-12-28(21)23/h6-14H,1-5H3,(H,27,30). The molecule has 0 fully saturated rings. The Hall–Kier alpha value is -3.67. The molecule has 0 aliphatic carbocycles. The molecule has 1 N–H and O–H groups in total. The molecule has 0 aliphatic heterocycles. The highest BCUT2D eigenvalue weighted by atomic mass is 16.2. The molecule has 1 aromatic carbocycles. The molecule has 4 rings (SSSR count). The van der Waals surface area contributed by atoms with Crippen LogP contribution in [0.25, 0.3) is 11.3 Å². The quantitative estimate of drug-likeness (QED) is 0.408. The molecule has 30 heavy (non-hydrogen) atoms. The number of benzene rings is 1. The molecular weight excluding hydrogens is 374 g/mol. The number of hydrogen-bond donors (Lipinski definition) is 1. The van der Waals surface area contributed by atoms with Gasteiger partial charge in [-0.1, -0.05) is 24.3 Å². The van der Waals surface area contributed by atoms with Crippen molar-refractivity contribution in [2.24, 2.45) is 5.10 Å². The van der Waals surface area contributed by atoms with Crippen LogP contribution in [0.15, 0.2) is 53.8 Å². The lowest BCUT2D eigenvalue weighted by molar-refractivity contribution is 0.0948. The SMILES string of the molecule is Cc1cccc(C)c1-n1c(C)cc(C=NNC(=O)c2c(C)nc3ccccn23)c1C. The van der Waals surface area contributed by atoms with Gasteiger partial charge in [0, 0.05) is 23.1 Å². The normalized spacial score (nSPS) is 11.5. The number of carbonyl (C=O) groups excluding carboxylic acids is 1. The first kappa shape index (κ1) is 19.6. The van der Waals surface area contributed by atoms with Crippen molar-refractivity contribution in [3.63, 3.8) is 0 Å². The van der Waals surface area contributed by atoms with Crippen LogP contribution in [0.4, 0.5) is 0 Å². The summed E-state index contributed by atoms with van der Waals surface area (Å²) in [5.41, 5.74) is 11.3. The number of hydrazone groups is 1. The van der Waals surface area contributed by atoms with Crippen molar-refractivity contribution in [3.05, 3.63) is 88.1 Å². The maximum absolute atomic E-state index is 12.7. The van der Waals surface area contributed by atoms with Gasteiger partial charge in [0.25, 0.3) is 5.91 Å². The Labute approximate surface area is 175 Å². The molecule has 6 nitrogen and oxygen atoms in total. The van der Waals surface area contributed by atoms with E-state index in [-0.39, 0.29) is 5.91 Å². The van der Waals surface area contributed by atoms with Gasteiger partial charge in [-0.3, -0.25) is 9.20 Å². The number of fused-ring (bicyclic) bond motifs is 1. The summed E-state index contributed by atoms with van der Waals surface area (Å²) in [7, 11) is 0. The Morgan fingerprint density at radius 2 is 1.77 bits per heavy atom. The fourth-order valence-corrected chi connectivity index (χ4v) is 4.02. The molecule has 0 unspecified atom stereocenters. The van der Waals surface area contributed by atoms with Crippen LogP contribution in [0.3, 0.4) is 0 Å². The van der Waals surface area contributed by atoms with Gasteiger partial charge >= 0.3 is 0 Å². The van der Waals surface area contributed by atoms with E-state index in [4.69, 9.17) is 0 Å². The zero-order chi connectivity index (χ0) is 21.4. The second-order valence-corrected chi connectivity index (χ2v) is 7.58. The molecule has 0 atom stereocenters. The first-order chi connectivity index (χ1) is 14.4. The van der Waals surface area contributed by atoms with Gasteiger partial charge in [-0.2, -0.15) is 5.10 Å². The summed E-state index contributed by atoms with van der Waals surface area (Å²) in [5.74, 6) is -0.286. The van der Waals surface area contributed by atoms with Crippen LogP contribution in [-0.2, 0) is 0 Å². The molecule has 0 saturated carbocycles. The Bertz CT molecular complexity index is 1270. The Kier molecular flexibility index (Phi) is 4.99. The lowest BCUT2D eigenvalue weighted by atomic mass is 10.1. The highest BCUT2D eigenvalue weighted by molar-refractivity contribution is 5.95. The molecule has 0 bridgehead atoms. The van der Waals surface area contributed by atoms with E-state index in [9.17, 15) is 4.79 Å². The van der Waals surface area contributed by atoms with E-state index in [1.165, 1.54) is 16.8 Å². The van der Waals surface area contributed by atoms with Gasteiger partial charge in [-0.15, -0.1) is 0 Å². The van der Waals surface area contributed by atoms with Crippen LogP contribution in [0, 0.1) is 34.6 Å². The van der Waals surface area contributed by atoms with Gasteiger partial charge in [0.2, 0.25) is 0 Å². The Morgan fingerprint density at radius 3 is 2.50 bits per heavy atom. The minimum Gasteiger partial charge on any atom is -0.317 e. The van der Waals surface area contributed by atoms with Gasteiger partial charge < -0.3 is 4.57 Å². The van der Waals surface area contributed by atoms with Crippen LogP contribution in [0.5, 0.6) is 0 Å². The van der Waals surface area contributed by atoms with E-state index < -0.39 is 0 Å².